The lowest BCUT2D eigenvalue weighted by Gasteiger charge is -2.33. The minimum Gasteiger partial charge on any atom is -0.497 e. The molecule has 0 aliphatic rings. The van der Waals surface area contributed by atoms with Crippen molar-refractivity contribution in [3.63, 3.8) is 0 Å². The van der Waals surface area contributed by atoms with E-state index in [0.29, 0.717) is 28.0 Å². The smallest absolute Gasteiger partial charge is 0.261 e. The first-order chi connectivity index (χ1) is 15.0. The monoisotopic (exact) mass is 480 g/mol. The minimum atomic E-state index is -0.669. The topological polar surface area (TPSA) is 67.9 Å². The highest BCUT2D eigenvalue weighted by Gasteiger charge is 2.31. The zero-order valence-corrected chi connectivity index (χ0v) is 20.6. The van der Waals surface area contributed by atoms with Crippen molar-refractivity contribution >= 4 is 35.0 Å². The highest BCUT2D eigenvalue weighted by molar-refractivity contribution is 6.35. The van der Waals surface area contributed by atoms with Crippen molar-refractivity contribution in [3.05, 3.63) is 58.1 Å². The Labute approximate surface area is 199 Å². The SMILES string of the molecule is CCC(C(=O)NC(C)(C)C)N(Cc1cccc(OC)c1)C(=O)COc1ccc(Cl)cc1Cl. The second-order valence-electron chi connectivity index (χ2n) is 8.40. The highest BCUT2D eigenvalue weighted by atomic mass is 35.5. The van der Waals surface area contributed by atoms with Gasteiger partial charge in [-0.15, -0.1) is 0 Å². The quantitative estimate of drug-likeness (QED) is 0.541. The van der Waals surface area contributed by atoms with E-state index in [1.165, 1.54) is 4.90 Å². The van der Waals surface area contributed by atoms with E-state index in [-0.39, 0.29) is 25.0 Å². The molecule has 1 unspecified atom stereocenters. The van der Waals surface area contributed by atoms with Gasteiger partial charge in [-0.3, -0.25) is 9.59 Å². The van der Waals surface area contributed by atoms with Crippen molar-refractivity contribution < 1.29 is 19.1 Å². The molecule has 8 heteroatoms. The summed E-state index contributed by atoms with van der Waals surface area (Å²) in [5, 5.41) is 3.75. The molecule has 1 N–H and O–H groups in total. The number of hydrogen-bond acceptors (Lipinski definition) is 4. The fraction of sp³-hybridized carbons (Fsp3) is 0.417. The summed E-state index contributed by atoms with van der Waals surface area (Å²) in [6.45, 7) is 7.52. The normalized spacial score (nSPS) is 12.1. The third kappa shape index (κ3) is 7.61. The van der Waals surface area contributed by atoms with Gasteiger partial charge in [0.1, 0.15) is 17.5 Å². The fourth-order valence-corrected chi connectivity index (χ4v) is 3.62. The Morgan fingerprint density at radius 3 is 2.44 bits per heavy atom. The number of carbonyl (C=O) groups excluding carboxylic acids is 2. The summed E-state index contributed by atoms with van der Waals surface area (Å²) >= 11 is 12.1. The van der Waals surface area contributed by atoms with E-state index in [4.69, 9.17) is 32.7 Å². The standard InChI is InChI=1S/C24H30Cl2N2O4/c1-6-20(23(30)27-24(2,3)4)28(14-16-8-7-9-18(12-16)31-5)22(29)15-32-21-11-10-17(25)13-19(21)26/h7-13,20H,6,14-15H2,1-5H3,(H,27,30). The molecule has 32 heavy (non-hydrogen) atoms. The molecule has 0 fully saturated rings. The second kappa shape index (κ2) is 11.4. The van der Waals surface area contributed by atoms with Crippen LogP contribution in [0.25, 0.3) is 0 Å². The van der Waals surface area contributed by atoms with Crippen LogP contribution in [0.2, 0.25) is 10.0 Å². The average molecular weight is 481 g/mol. The lowest BCUT2D eigenvalue weighted by molar-refractivity contribution is -0.143. The zero-order valence-electron chi connectivity index (χ0n) is 19.1. The molecule has 1 atom stereocenters. The van der Waals surface area contributed by atoms with Crippen LogP contribution in [-0.4, -0.2) is 42.0 Å². The number of amides is 2. The summed E-state index contributed by atoms with van der Waals surface area (Å²) in [6, 6.07) is 11.5. The van der Waals surface area contributed by atoms with E-state index in [9.17, 15) is 9.59 Å². The van der Waals surface area contributed by atoms with Crippen LogP contribution >= 0.6 is 23.2 Å². The summed E-state index contributed by atoms with van der Waals surface area (Å²) in [7, 11) is 1.58. The van der Waals surface area contributed by atoms with E-state index >= 15 is 0 Å². The van der Waals surface area contributed by atoms with Crippen LogP contribution in [0.4, 0.5) is 0 Å². The molecule has 174 valence electrons. The molecule has 0 saturated heterocycles. The Kier molecular flexibility index (Phi) is 9.22. The van der Waals surface area contributed by atoms with Crippen LogP contribution in [0.1, 0.15) is 39.7 Å². The maximum Gasteiger partial charge on any atom is 0.261 e. The molecule has 0 aromatic heterocycles. The Bertz CT molecular complexity index is 944. The molecule has 6 nitrogen and oxygen atoms in total. The summed E-state index contributed by atoms with van der Waals surface area (Å²) < 4.78 is 10.9. The number of rotatable bonds is 9. The number of benzene rings is 2. The average Bonchev–Trinajstić information content (AvgIpc) is 2.71. The van der Waals surface area contributed by atoms with Crippen molar-refractivity contribution in [3.8, 4) is 11.5 Å². The molecule has 0 aliphatic carbocycles. The molecule has 2 amide bonds. The maximum atomic E-state index is 13.2. The molecule has 0 aliphatic heterocycles. The van der Waals surface area contributed by atoms with Gasteiger partial charge in [-0.25, -0.2) is 0 Å². The lowest BCUT2D eigenvalue weighted by Crippen LogP contribution is -2.54. The van der Waals surface area contributed by atoms with E-state index in [1.54, 1.807) is 25.3 Å². The molecule has 0 heterocycles. The van der Waals surface area contributed by atoms with Gasteiger partial charge in [-0.2, -0.15) is 0 Å². The first-order valence-corrected chi connectivity index (χ1v) is 11.1. The number of nitrogens with zero attached hydrogens (tertiary/aromatic N) is 1. The van der Waals surface area contributed by atoms with Gasteiger partial charge < -0.3 is 19.7 Å². The Balaban J connectivity index is 2.28. The maximum absolute atomic E-state index is 13.2. The van der Waals surface area contributed by atoms with Crippen molar-refractivity contribution in [2.24, 2.45) is 0 Å². The van der Waals surface area contributed by atoms with Gasteiger partial charge in [0, 0.05) is 17.1 Å². The zero-order chi connectivity index (χ0) is 23.9. The van der Waals surface area contributed by atoms with Gasteiger partial charge in [0.05, 0.1) is 12.1 Å². The van der Waals surface area contributed by atoms with Gasteiger partial charge in [0.25, 0.3) is 5.91 Å². The number of methoxy groups -OCH3 is 1. The molecule has 0 bridgehead atoms. The van der Waals surface area contributed by atoms with Crippen LogP contribution in [-0.2, 0) is 16.1 Å². The first kappa shape index (κ1) is 25.8. The van der Waals surface area contributed by atoms with Crippen molar-refractivity contribution in [2.45, 2.75) is 52.2 Å². The second-order valence-corrected chi connectivity index (χ2v) is 9.24. The van der Waals surface area contributed by atoms with E-state index in [0.717, 1.165) is 5.56 Å². The summed E-state index contributed by atoms with van der Waals surface area (Å²) in [6.07, 6.45) is 0.444. The predicted octanol–water partition coefficient (Wildman–Crippen LogP) is 5.10. The van der Waals surface area contributed by atoms with Gasteiger partial charge in [-0.05, 0) is 63.1 Å². The predicted molar refractivity (Wildman–Crippen MR) is 127 cm³/mol. The molecule has 0 radical (unpaired) electrons. The van der Waals surface area contributed by atoms with Crippen LogP contribution < -0.4 is 14.8 Å². The van der Waals surface area contributed by atoms with E-state index in [1.807, 2.05) is 52.0 Å². The number of ether oxygens (including phenoxy) is 2. The molecular weight excluding hydrogens is 451 g/mol. The fourth-order valence-electron chi connectivity index (χ4n) is 3.15. The Morgan fingerprint density at radius 1 is 1.12 bits per heavy atom. The Hall–Kier alpha value is -2.44. The molecule has 2 aromatic rings. The van der Waals surface area contributed by atoms with Crippen molar-refractivity contribution in [1.29, 1.82) is 0 Å². The highest BCUT2D eigenvalue weighted by Crippen LogP contribution is 2.27. The summed E-state index contributed by atoms with van der Waals surface area (Å²) in [5.41, 5.74) is 0.409. The van der Waals surface area contributed by atoms with E-state index < -0.39 is 11.6 Å². The van der Waals surface area contributed by atoms with Gasteiger partial charge >= 0.3 is 0 Å². The Morgan fingerprint density at radius 2 is 1.84 bits per heavy atom. The molecule has 2 aromatic carbocycles. The lowest BCUT2D eigenvalue weighted by atomic mass is 10.1. The van der Waals surface area contributed by atoms with Gasteiger partial charge in [0.2, 0.25) is 5.91 Å². The van der Waals surface area contributed by atoms with Crippen LogP contribution in [0, 0.1) is 0 Å². The molecule has 0 spiro atoms. The third-order valence-corrected chi connectivity index (χ3v) is 5.15. The third-order valence-electron chi connectivity index (χ3n) is 4.62. The number of carbonyl (C=O) groups is 2. The van der Waals surface area contributed by atoms with Crippen LogP contribution in [0.3, 0.4) is 0 Å². The van der Waals surface area contributed by atoms with Crippen LogP contribution in [0.15, 0.2) is 42.5 Å². The van der Waals surface area contributed by atoms with Gasteiger partial charge in [0.15, 0.2) is 6.61 Å². The van der Waals surface area contributed by atoms with Gasteiger partial charge in [-0.1, -0.05) is 42.3 Å². The largest absolute Gasteiger partial charge is 0.497 e. The van der Waals surface area contributed by atoms with Crippen molar-refractivity contribution in [2.75, 3.05) is 13.7 Å². The molecular formula is C24H30Cl2N2O4. The molecule has 0 saturated carbocycles. The molecule has 2 rings (SSSR count). The summed E-state index contributed by atoms with van der Waals surface area (Å²) in [4.78, 5) is 27.8. The van der Waals surface area contributed by atoms with Crippen molar-refractivity contribution in [1.82, 2.24) is 10.2 Å². The van der Waals surface area contributed by atoms with Crippen LogP contribution in [0.5, 0.6) is 11.5 Å². The first-order valence-electron chi connectivity index (χ1n) is 10.4. The number of nitrogens with one attached hydrogen (secondary N) is 1. The van der Waals surface area contributed by atoms with E-state index in [2.05, 4.69) is 5.32 Å². The number of hydrogen-bond donors (Lipinski definition) is 1. The minimum absolute atomic E-state index is 0.222. The number of halogens is 2. The summed E-state index contributed by atoms with van der Waals surface area (Å²) in [5.74, 6) is 0.458.